The topological polar surface area (TPSA) is 91.1 Å². The highest BCUT2D eigenvalue weighted by molar-refractivity contribution is 5.94. The summed E-state index contributed by atoms with van der Waals surface area (Å²) in [5.74, 6) is -0.607. The Hall–Kier alpha value is -2.89. The van der Waals surface area contributed by atoms with Gasteiger partial charge in [-0.05, 0) is 36.8 Å². The Kier molecular flexibility index (Phi) is 4.73. The lowest BCUT2D eigenvalue weighted by Gasteiger charge is -2.15. The molecule has 2 aromatic rings. The lowest BCUT2D eigenvalue weighted by molar-refractivity contribution is -0.114. The van der Waals surface area contributed by atoms with E-state index in [1.807, 2.05) is 13.0 Å². The molecule has 0 spiro atoms. The van der Waals surface area contributed by atoms with E-state index in [1.165, 1.54) is 19.2 Å². The van der Waals surface area contributed by atoms with E-state index >= 15 is 0 Å². The number of carbonyl (C=O) groups is 2. The zero-order valence-corrected chi connectivity index (χ0v) is 12.3. The minimum Gasteiger partial charge on any atom is -0.345 e. The minimum atomic E-state index is -0.445. The van der Waals surface area contributed by atoms with Crippen LogP contribution in [0.2, 0.25) is 0 Å². The molecule has 6 nitrogen and oxygen atoms in total. The van der Waals surface area contributed by atoms with Gasteiger partial charge in [-0.2, -0.15) is 0 Å². The van der Waals surface area contributed by atoms with Crippen molar-refractivity contribution in [3.63, 3.8) is 0 Å². The first-order valence-electron chi connectivity index (χ1n) is 6.83. The van der Waals surface area contributed by atoms with Crippen molar-refractivity contribution >= 4 is 17.5 Å². The number of anilines is 1. The number of amides is 2. The van der Waals surface area contributed by atoms with Crippen LogP contribution in [-0.2, 0) is 4.79 Å². The molecular formula is C16H17N3O3. The van der Waals surface area contributed by atoms with Crippen molar-refractivity contribution in [3.05, 3.63) is 64.1 Å². The SMILES string of the molecule is CC(=O)Nc1cccc([C@@H](C)NC(=O)c2ccc[nH]c2=O)c1. The molecule has 0 unspecified atom stereocenters. The van der Waals surface area contributed by atoms with Crippen LogP contribution in [0.4, 0.5) is 5.69 Å². The fourth-order valence-corrected chi connectivity index (χ4v) is 2.05. The van der Waals surface area contributed by atoms with E-state index in [0.29, 0.717) is 5.69 Å². The van der Waals surface area contributed by atoms with Gasteiger partial charge < -0.3 is 15.6 Å². The Balaban J connectivity index is 2.14. The number of hydrogen-bond acceptors (Lipinski definition) is 3. The summed E-state index contributed by atoms with van der Waals surface area (Å²) in [4.78, 5) is 37.2. The predicted molar refractivity (Wildman–Crippen MR) is 83.7 cm³/mol. The van der Waals surface area contributed by atoms with Gasteiger partial charge in [0, 0.05) is 18.8 Å². The highest BCUT2D eigenvalue weighted by Crippen LogP contribution is 2.17. The van der Waals surface area contributed by atoms with E-state index in [0.717, 1.165) is 5.56 Å². The Morgan fingerprint density at radius 3 is 2.64 bits per heavy atom. The summed E-state index contributed by atoms with van der Waals surface area (Å²) >= 11 is 0. The van der Waals surface area contributed by atoms with Crippen LogP contribution in [0.25, 0.3) is 0 Å². The molecule has 1 atom stereocenters. The fourth-order valence-electron chi connectivity index (χ4n) is 2.05. The van der Waals surface area contributed by atoms with Crippen LogP contribution >= 0.6 is 0 Å². The quantitative estimate of drug-likeness (QED) is 0.804. The molecule has 1 heterocycles. The molecule has 2 amide bonds. The maximum Gasteiger partial charge on any atom is 0.260 e. The van der Waals surface area contributed by atoms with Gasteiger partial charge in [-0.15, -0.1) is 0 Å². The minimum absolute atomic E-state index is 0.0624. The summed E-state index contributed by atoms with van der Waals surface area (Å²) in [6.07, 6.45) is 1.47. The molecule has 0 saturated heterocycles. The molecular weight excluding hydrogens is 282 g/mol. The number of rotatable bonds is 4. The van der Waals surface area contributed by atoms with Gasteiger partial charge in [0.2, 0.25) is 5.91 Å². The molecule has 1 aromatic heterocycles. The fraction of sp³-hybridized carbons (Fsp3) is 0.188. The van der Waals surface area contributed by atoms with E-state index in [1.54, 1.807) is 24.3 Å². The Morgan fingerprint density at radius 2 is 1.95 bits per heavy atom. The average molecular weight is 299 g/mol. The first-order chi connectivity index (χ1) is 10.5. The Bertz CT molecular complexity index is 752. The molecule has 0 aliphatic rings. The standard InChI is InChI=1S/C16H17N3O3/c1-10(12-5-3-6-13(9-12)19-11(2)20)18-16(22)14-7-4-8-17-15(14)21/h3-10H,1-2H3,(H,17,21)(H,18,22)(H,19,20)/t10-/m1/s1. The van der Waals surface area contributed by atoms with Gasteiger partial charge in [0.15, 0.2) is 0 Å². The van der Waals surface area contributed by atoms with Crippen molar-refractivity contribution in [2.45, 2.75) is 19.9 Å². The van der Waals surface area contributed by atoms with Gasteiger partial charge in [0.25, 0.3) is 11.5 Å². The first kappa shape index (κ1) is 15.5. The van der Waals surface area contributed by atoms with Gasteiger partial charge in [-0.3, -0.25) is 14.4 Å². The monoisotopic (exact) mass is 299 g/mol. The molecule has 22 heavy (non-hydrogen) atoms. The van der Waals surface area contributed by atoms with Crippen molar-refractivity contribution < 1.29 is 9.59 Å². The van der Waals surface area contributed by atoms with E-state index in [9.17, 15) is 14.4 Å². The second kappa shape index (κ2) is 6.71. The summed E-state index contributed by atoms with van der Waals surface area (Å²) in [7, 11) is 0. The summed E-state index contributed by atoms with van der Waals surface area (Å²) in [6.45, 7) is 3.24. The molecule has 0 fully saturated rings. The van der Waals surface area contributed by atoms with Gasteiger partial charge in [-0.1, -0.05) is 12.1 Å². The van der Waals surface area contributed by atoms with Crippen LogP contribution < -0.4 is 16.2 Å². The Morgan fingerprint density at radius 1 is 1.18 bits per heavy atom. The summed E-state index contributed by atoms with van der Waals surface area (Å²) in [6, 6.07) is 9.93. The number of carbonyl (C=O) groups excluding carboxylic acids is 2. The van der Waals surface area contributed by atoms with E-state index < -0.39 is 11.5 Å². The predicted octanol–water partition coefficient (Wildman–Crippen LogP) is 1.82. The number of benzene rings is 1. The summed E-state index contributed by atoms with van der Waals surface area (Å²) in [5, 5.41) is 5.45. The highest BCUT2D eigenvalue weighted by atomic mass is 16.2. The number of pyridine rings is 1. The Labute approximate surface area is 127 Å². The molecule has 0 bridgehead atoms. The number of H-pyrrole nitrogens is 1. The molecule has 0 saturated carbocycles. The van der Waals surface area contributed by atoms with Crippen molar-refractivity contribution in [2.75, 3.05) is 5.32 Å². The number of aromatic amines is 1. The largest absolute Gasteiger partial charge is 0.345 e. The smallest absolute Gasteiger partial charge is 0.260 e. The van der Waals surface area contributed by atoms with Crippen LogP contribution in [0, 0.1) is 0 Å². The first-order valence-corrected chi connectivity index (χ1v) is 6.83. The van der Waals surface area contributed by atoms with Crippen LogP contribution in [-0.4, -0.2) is 16.8 Å². The van der Waals surface area contributed by atoms with E-state index in [4.69, 9.17) is 0 Å². The van der Waals surface area contributed by atoms with Crippen molar-refractivity contribution in [3.8, 4) is 0 Å². The van der Waals surface area contributed by atoms with Gasteiger partial charge in [-0.25, -0.2) is 0 Å². The lowest BCUT2D eigenvalue weighted by atomic mass is 10.1. The van der Waals surface area contributed by atoms with Crippen LogP contribution in [0.5, 0.6) is 0 Å². The number of aromatic nitrogens is 1. The third-order valence-electron chi connectivity index (χ3n) is 3.12. The van der Waals surface area contributed by atoms with E-state index in [2.05, 4.69) is 15.6 Å². The summed E-state index contributed by atoms with van der Waals surface area (Å²) < 4.78 is 0. The van der Waals surface area contributed by atoms with Gasteiger partial charge in [0.05, 0.1) is 6.04 Å². The molecule has 0 aliphatic heterocycles. The molecule has 0 aliphatic carbocycles. The van der Waals surface area contributed by atoms with Crippen molar-refractivity contribution in [1.29, 1.82) is 0 Å². The third kappa shape index (κ3) is 3.82. The second-order valence-electron chi connectivity index (χ2n) is 4.91. The van der Waals surface area contributed by atoms with Crippen molar-refractivity contribution in [2.24, 2.45) is 0 Å². The number of nitrogens with one attached hydrogen (secondary N) is 3. The van der Waals surface area contributed by atoms with Gasteiger partial charge in [0.1, 0.15) is 5.56 Å². The molecule has 3 N–H and O–H groups in total. The second-order valence-corrected chi connectivity index (χ2v) is 4.91. The highest BCUT2D eigenvalue weighted by Gasteiger charge is 2.14. The van der Waals surface area contributed by atoms with Crippen molar-refractivity contribution in [1.82, 2.24) is 10.3 Å². The molecule has 1 aromatic carbocycles. The zero-order chi connectivity index (χ0) is 16.1. The third-order valence-corrected chi connectivity index (χ3v) is 3.12. The molecule has 114 valence electrons. The van der Waals surface area contributed by atoms with Crippen LogP contribution in [0.1, 0.15) is 35.8 Å². The van der Waals surface area contributed by atoms with E-state index in [-0.39, 0.29) is 17.5 Å². The average Bonchev–Trinajstić information content (AvgIpc) is 2.47. The normalized spacial score (nSPS) is 11.5. The molecule has 2 rings (SSSR count). The number of hydrogen-bond donors (Lipinski definition) is 3. The lowest BCUT2D eigenvalue weighted by Crippen LogP contribution is -2.31. The molecule has 6 heteroatoms. The van der Waals surface area contributed by atoms with Crippen LogP contribution in [0.15, 0.2) is 47.4 Å². The maximum atomic E-state index is 12.1. The maximum absolute atomic E-state index is 12.1. The summed E-state index contributed by atoms with van der Waals surface area (Å²) in [5.41, 5.74) is 1.11. The van der Waals surface area contributed by atoms with Crippen LogP contribution in [0.3, 0.4) is 0 Å². The van der Waals surface area contributed by atoms with Gasteiger partial charge >= 0.3 is 0 Å². The molecule has 0 radical (unpaired) electrons. The zero-order valence-electron chi connectivity index (χ0n) is 12.3.